The topological polar surface area (TPSA) is 22.2 Å². The van der Waals surface area contributed by atoms with E-state index in [1.807, 2.05) is 0 Å². The second-order valence-corrected chi connectivity index (χ2v) is 11.6. The van der Waals surface area contributed by atoms with Crippen molar-refractivity contribution in [3.8, 4) is 0 Å². The van der Waals surface area contributed by atoms with Crippen molar-refractivity contribution in [3.05, 3.63) is 0 Å². The predicted molar refractivity (Wildman–Crippen MR) is 129 cm³/mol. The molecule has 0 aromatic rings. The molecule has 0 radical (unpaired) electrons. The van der Waals surface area contributed by atoms with E-state index in [-0.39, 0.29) is 0 Å². The zero-order valence-corrected chi connectivity index (χ0v) is 21.7. The van der Waals surface area contributed by atoms with Gasteiger partial charge in [0.1, 0.15) is 0 Å². The Balaban J connectivity index is 4.31. The normalized spacial score (nSPS) is 13.4. The van der Waals surface area contributed by atoms with Crippen LogP contribution >= 0.6 is 0 Å². The van der Waals surface area contributed by atoms with E-state index in [0.717, 1.165) is 65.6 Å². The van der Waals surface area contributed by atoms with Crippen molar-refractivity contribution >= 4 is 0 Å². The van der Waals surface area contributed by atoms with Crippen LogP contribution in [0.4, 0.5) is 0 Å². The van der Waals surface area contributed by atoms with Crippen LogP contribution in [0.3, 0.4) is 0 Å². The highest BCUT2D eigenvalue weighted by atomic mass is 16.5. The van der Waals surface area contributed by atoms with Crippen molar-refractivity contribution < 1.29 is 4.74 Å². The Morgan fingerprint density at radius 2 is 0.897 bits per heavy atom. The monoisotopic (exact) mass is 414 g/mol. The van der Waals surface area contributed by atoms with E-state index in [1.54, 1.807) is 0 Å². The number of hydrogen-bond donors (Lipinski definition) is 0. The third-order valence-corrected chi connectivity index (χ3v) is 4.66. The van der Waals surface area contributed by atoms with Gasteiger partial charge in [0.05, 0.1) is 13.2 Å². The van der Waals surface area contributed by atoms with Gasteiger partial charge < -0.3 is 24.3 Å². The molecule has 0 heterocycles. The summed E-state index contributed by atoms with van der Waals surface area (Å²) < 4.78 is 6.07. The maximum Gasteiger partial charge on any atom is 0.0594 e. The van der Waals surface area contributed by atoms with E-state index in [0.29, 0.717) is 10.8 Å². The van der Waals surface area contributed by atoms with E-state index in [1.165, 1.54) is 12.8 Å². The second kappa shape index (κ2) is 14.7. The Kier molecular flexibility index (Phi) is 14.6. The molecule has 0 amide bonds. The molecule has 29 heavy (non-hydrogen) atoms. The highest BCUT2D eigenvalue weighted by Gasteiger charge is 2.21. The number of nitrogens with zero attached hydrogens (tertiary/aromatic N) is 4. The first-order valence-electron chi connectivity index (χ1n) is 11.6. The molecule has 0 aromatic carbocycles. The standard InChI is InChI=1S/C24H54N4O/c1-23(2,3)21-28(22-24(4,5)6)18-20-29-19-17-27(15-11-13-25(7)8)16-12-14-26(9)10/h11-22H2,1-10H3. The van der Waals surface area contributed by atoms with Crippen LogP contribution in [0, 0.1) is 10.8 Å². The molecule has 0 spiro atoms. The molecule has 0 aliphatic carbocycles. The van der Waals surface area contributed by atoms with Gasteiger partial charge in [-0.05, 0) is 78.0 Å². The van der Waals surface area contributed by atoms with Crippen molar-refractivity contribution in [1.29, 1.82) is 0 Å². The van der Waals surface area contributed by atoms with Crippen molar-refractivity contribution in [3.63, 3.8) is 0 Å². The van der Waals surface area contributed by atoms with Crippen LogP contribution in [0.5, 0.6) is 0 Å². The van der Waals surface area contributed by atoms with Crippen molar-refractivity contribution in [2.45, 2.75) is 54.4 Å². The molecule has 0 bridgehead atoms. The summed E-state index contributed by atoms with van der Waals surface area (Å²) in [6.45, 7) is 24.5. The fourth-order valence-corrected chi connectivity index (χ4v) is 3.60. The van der Waals surface area contributed by atoms with Crippen LogP contribution in [0.25, 0.3) is 0 Å². The Morgan fingerprint density at radius 3 is 1.24 bits per heavy atom. The third-order valence-electron chi connectivity index (χ3n) is 4.66. The lowest BCUT2D eigenvalue weighted by Gasteiger charge is -2.34. The minimum atomic E-state index is 0.320. The van der Waals surface area contributed by atoms with E-state index in [2.05, 4.69) is 89.3 Å². The SMILES string of the molecule is CN(C)CCCN(CCCN(C)C)CCOCCN(CC(C)(C)C)CC(C)(C)C. The van der Waals surface area contributed by atoms with Gasteiger partial charge in [0.2, 0.25) is 0 Å². The van der Waals surface area contributed by atoms with Crippen LogP contribution in [0.1, 0.15) is 54.4 Å². The molecule has 0 aromatic heterocycles. The summed E-state index contributed by atoms with van der Waals surface area (Å²) in [5, 5.41) is 0. The highest BCUT2D eigenvalue weighted by molar-refractivity contribution is 4.74. The van der Waals surface area contributed by atoms with Crippen molar-refractivity contribution in [1.82, 2.24) is 19.6 Å². The third kappa shape index (κ3) is 20.8. The lowest BCUT2D eigenvalue weighted by Crippen LogP contribution is -2.40. The van der Waals surface area contributed by atoms with Gasteiger partial charge in [-0.15, -0.1) is 0 Å². The second-order valence-electron chi connectivity index (χ2n) is 11.6. The summed E-state index contributed by atoms with van der Waals surface area (Å²) in [5.74, 6) is 0. The molecule has 0 aliphatic rings. The fraction of sp³-hybridized carbons (Fsp3) is 1.00. The lowest BCUT2D eigenvalue weighted by atomic mass is 9.92. The van der Waals surface area contributed by atoms with Gasteiger partial charge in [-0.3, -0.25) is 0 Å². The molecule has 0 saturated carbocycles. The number of hydrogen-bond acceptors (Lipinski definition) is 5. The van der Waals surface area contributed by atoms with Crippen LogP contribution in [0.2, 0.25) is 0 Å². The zero-order valence-electron chi connectivity index (χ0n) is 21.7. The first kappa shape index (κ1) is 28.8. The summed E-state index contributed by atoms with van der Waals surface area (Å²) in [6, 6.07) is 0. The van der Waals surface area contributed by atoms with Crippen LogP contribution < -0.4 is 0 Å². The first-order chi connectivity index (χ1) is 13.3. The Morgan fingerprint density at radius 1 is 0.517 bits per heavy atom. The Labute approximate surface area is 183 Å². The summed E-state index contributed by atoms with van der Waals surface area (Å²) in [7, 11) is 8.61. The lowest BCUT2D eigenvalue weighted by molar-refractivity contribution is 0.0612. The van der Waals surface area contributed by atoms with Crippen LogP contribution in [-0.2, 0) is 4.74 Å². The summed E-state index contributed by atoms with van der Waals surface area (Å²) in [5.41, 5.74) is 0.641. The molecule has 0 atom stereocenters. The maximum atomic E-state index is 6.07. The first-order valence-corrected chi connectivity index (χ1v) is 11.6. The molecule has 5 heteroatoms. The number of rotatable bonds is 16. The Hall–Kier alpha value is -0.200. The molecule has 0 N–H and O–H groups in total. The van der Waals surface area contributed by atoms with Crippen LogP contribution in [-0.4, -0.2) is 113 Å². The molecule has 0 unspecified atom stereocenters. The van der Waals surface area contributed by atoms with Gasteiger partial charge in [-0.25, -0.2) is 0 Å². The quantitative estimate of drug-likeness (QED) is 0.359. The predicted octanol–water partition coefficient (Wildman–Crippen LogP) is 3.60. The maximum absolute atomic E-state index is 6.07. The summed E-state index contributed by atoms with van der Waals surface area (Å²) >= 11 is 0. The smallest absolute Gasteiger partial charge is 0.0594 e. The van der Waals surface area contributed by atoms with Crippen molar-refractivity contribution in [2.75, 3.05) is 93.8 Å². The van der Waals surface area contributed by atoms with E-state index < -0.39 is 0 Å². The van der Waals surface area contributed by atoms with Gasteiger partial charge in [-0.1, -0.05) is 41.5 Å². The van der Waals surface area contributed by atoms with Gasteiger partial charge in [0.15, 0.2) is 0 Å². The minimum absolute atomic E-state index is 0.320. The molecule has 176 valence electrons. The molecular weight excluding hydrogens is 360 g/mol. The number of ether oxygens (including phenoxy) is 1. The minimum Gasteiger partial charge on any atom is -0.379 e. The Bertz CT molecular complexity index is 355. The molecule has 0 saturated heterocycles. The zero-order chi connectivity index (χ0) is 22.5. The summed E-state index contributed by atoms with van der Waals surface area (Å²) in [4.78, 5) is 9.70. The fourth-order valence-electron chi connectivity index (χ4n) is 3.60. The molecule has 0 aliphatic heterocycles. The van der Waals surface area contributed by atoms with Crippen molar-refractivity contribution in [2.24, 2.45) is 10.8 Å². The van der Waals surface area contributed by atoms with E-state index in [9.17, 15) is 0 Å². The van der Waals surface area contributed by atoms with Gasteiger partial charge in [-0.2, -0.15) is 0 Å². The largest absolute Gasteiger partial charge is 0.379 e. The average Bonchev–Trinajstić information content (AvgIpc) is 2.50. The molecule has 0 fully saturated rings. The van der Waals surface area contributed by atoms with Gasteiger partial charge >= 0.3 is 0 Å². The van der Waals surface area contributed by atoms with Gasteiger partial charge in [0.25, 0.3) is 0 Å². The molecule has 5 nitrogen and oxygen atoms in total. The van der Waals surface area contributed by atoms with Crippen LogP contribution in [0.15, 0.2) is 0 Å². The van der Waals surface area contributed by atoms with E-state index >= 15 is 0 Å². The van der Waals surface area contributed by atoms with E-state index in [4.69, 9.17) is 4.74 Å². The van der Waals surface area contributed by atoms with Gasteiger partial charge in [0, 0.05) is 26.2 Å². The highest BCUT2D eigenvalue weighted by Crippen LogP contribution is 2.20. The molecular formula is C24H54N4O. The molecule has 0 rings (SSSR count). The summed E-state index contributed by atoms with van der Waals surface area (Å²) in [6.07, 6.45) is 2.44. The average molecular weight is 415 g/mol.